The summed E-state index contributed by atoms with van der Waals surface area (Å²) in [4.78, 5) is 0.929. The van der Waals surface area contributed by atoms with Gasteiger partial charge < -0.3 is 9.73 Å². The lowest BCUT2D eigenvalue weighted by atomic mass is 10.3. The molecule has 2 heterocycles. The molecule has 0 aliphatic rings. The molecule has 0 aromatic carbocycles. The third kappa shape index (κ3) is 4.93. The van der Waals surface area contributed by atoms with Crippen LogP contribution in [0.5, 0.6) is 0 Å². The van der Waals surface area contributed by atoms with E-state index in [2.05, 4.69) is 26.0 Å². The van der Waals surface area contributed by atoms with Gasteiger partial charge in [-0.2, -0.15) is 0 Å². The van der Waals surface area contributed by atoms with Gasteiger partial charge in [0.1, 0.15) is 5.76 Å². The second-order valence-electron chi connectivity index (χ2n) is 4.81. The van der Waals surface area contributed by atoms with Crippen molar-refractivity contribution in [1.29, 1.82) is 0 Å². The molecule has 0 bridgehead atoms. The number of halogens is 1. The molecule has 8 heteroatoms. The first-order valence-electron chi connectivity index (χ1n) is 6.41. The fourth-order valence-electron chi connectivity index (χ4n) is 1.59. The second kappa shape index (κ2) is 7.06. The average Bonchev–Trinajstić information content (AvgIpc) is 3.03. The van der Waals surface area contributed by atoms with E-state index >= 15 is 0 Å². The predicted octanol–water partition coefficient (Wildman–Crippen LogP) is 3.08. The van der Waals surface area contributed by atoms with E-state index < -0.39 is 10.0 Å². The molecule has 21 heavy (non-hydrogen) atoms. The standard InChI is InChI=1S/C13H17BrN2O3S2/c1-9(2)15-6-11-3-4-13(19-11)21(17,18)16-7-12-5-10(14)8-20-12/h3-5,8-9,15-16H,6-7H2,1-2H3. The minimum absolute atomic E-state index is 0.0568. The van der Waals surface area contributed by atoms with E-state index in [9.17, 15) is 8.42 Å². The summed E-state index contributed by atoms with van der Waals surface area (Å²) in [6.07, 6.45) is 0. The Kier molecular flexibility index (Phi) is 5.61. The van der Waals surface area contributed by atoms with Crippen molar-refractivity contribution in [3.05, 3.63) is 38.7 Å². The monoisotopic (exact) mass is 392 g/mol. The highest BCUT2D eigenvalue weighted by Crippen LogP contribution is 2.20. The Labute approximate surface area is 136 Å². The van der Waals surface area contributed by atoms with Crippen LogP contribution < -0.4 is 10.0 Å². The first-order valence-corrected chi connectivity index (χ1v) is 9.57. The van der Waals surface area contributed by atoms with Gasteiger partial charge in [-0.1, -0.05) is 13.8 Å². The van der Waals surface area contributed by atoms with Crippen LogP contribution >= 0.6 is 27.3 Å². The van der Waals surface area contributed by atoms with Crippen LogP contribution in [0.4, 0.5) is 0 Å². The van der Waals surface area contributed by atoms with Gasteiger partial charge >= 0.3 is 0 Å². The molecule has 2 aromatic heterocycles. The van der Waals surface area contributed by atoms with E-state index in [-0.39, 0.29) is 11.6 Å². The summed E-state index contributed by atoms with van der Waals surface area (Å²) in [6, 6.07) is 5.34. The average molecular weight is 393 g/mol. The lowest BCUT2D eigenvalue weighted by molar-refractivity contribution is 0.393. The molecule has 0 atom stereocenters. The zero-order chi connectivity index (χ0) is 15.5. The molecule has 2 aromatic rings. The predicted molar refractivity (Wildman–Crippen MR) is 86.7 cm³/mol. The molecule has 0 aliphatic heterocycles. The van der Waals surface area contributed by atoms with Crippen LogP contribution in [-0.2, 0) is 23.1 Å². The summed E-state index contributed by atoms with van der Waals surface area (Å²) in [5.41, 5.74) is 0. The van der Waals surface area contributed by atoms with Crippen molar-refractivity contribution >= 4 is 37.3 Å². The Bertz CT molecular complexity index is 692. The summed E-state index contributed by atoms with van der Waals surface area (Å²) in [5.74, 6) is 0.600. The van der Waals surface area contributed by atoms with Crippen LogP contribution in [0.1, 0.15) is 24.5 Å². The van der Waals surface area contributed by atoms with Crippen molar-refractivity contribution in [2.24, 2.45) is 0 Å². The quantitative estimate of drug-likeness (QED) is 0.759. The van der Waals surface area contributed by atoms with Crippen molar-refractivity contribution in [2.75, 3.05) is 0 Å². The first kappa shape index (κ1) is 16.7. The highest BCUT2D eigenvalue weighted by Gasteiger charge is 2.18. The van der Waals surface area contributed by atoms with Crippen molar-refractivity contribution in [3.8, 4) is 0 Å². The van der Waals surface area contributed by atoms with Gasteiger partial charge in [-0.15, -0.1) is 11.3 Å². The molecule has 0 saturated carbocycles. The fourth-order valence-corrected chi connectivity index (χ4v) is 4.02. The first-order chi connectivity index (χ1) is 9.87. The highest BCUT2D eigenvalue weighted by molar-refractivity contribution is 9.10. The van der Waals surface area contributed by atoms with Gasteiger partial charge in [0.25, 0.3) is 10.0 Å². The normalized spacial score (nSPS) is 12.2. The van der Waals surface area contributed by atoms with Crippen LogP contribution in [0.25, 0.3) is 0 Å². The number of hydrogen-bond donors (Lipinski definition) is 2. The van der Waals surface area contributed by atoms with Crippen molar-refractivity contribution in [1.82, 2.24) is 10.0 Å². The molecule has 5 nitrogen and oxygen atoms in total. The summed E-state index contributed by atoms with van der Waals surface area (Å²) >= 11 is 4.82. The molecule has 0 saturated heterocycles. The maximum absolute atomic E-state index is 12.1. The molecule has 2 rings (SSSR count). The SMILES string of the molecule is CC(C)NCc1ccc(S(=O)(=O)NCc2cc(Br)cs2)o1. The maximum atomic E-state index is 12.1. The Hall–Kier alpha value is -0.670. The summed E-state index contributed by atoms with van der Waals surface area (Å²) in [7, 11) is -3.62. The third-order valence-electron chi connectivity index (χ3n) is 2.64. The van der Waals surface area contributed by atoms with E-state index in [0.29, 0.717) is 18.3 Å². The van der Waals surface area contributed by atoms with Crippen molar-refractivity contribution in [3.63, 3.8) is 0 Å². The molecule has 0 aliphatic carbocycles. The van der Waals surface area contributed by atoms with E-state index in [0.717, 1.165) is 9.35 Å². The van der Waals surface area contributed by atoms with E-state index in [1.165, 1.54) is 17.4 Å². The number of hydrogen-bond acceptors (Lipinski definition) is 5. The van der Waals surface area contributed by atoms with E-state index in [1.807, 2.05) is 25.3 Å². The van der Waals surface area contributed by atoms with Crippen molar-refractivity contribution in [2.45, 2.75) is 38.1 Å². The van der Waals surface area contributed by atoms with Crippen LogP contribution in [0, 0.1) is 0 Å². The fraction of sp³-hybridized carbons (Fsp3) is 0.385. The number of thiophene rings is 1. The Balaban J connectivity index is 1.99. The highest BCUT2D eigenvalue weighted by atomic mass is 79.9. The molecule has 0 unspecified atom stereocenters. The summed E-state index contributed by atoms with van der Waals surface area (Å²) < 4.78 is 33.1. The van der Waals surface area contributed by atoms with E-state index in [1.54, 1.807) is 6.07 Å². The number of furan rings is 1. The molecule has 0 radical (unpaired) electrons. The minimum Gasteiger partial charge on any atom is -0.447 e. The molecule has 2 N–H and O–H groups in total. The molecule has 0 amide bonds. The maximum Gasteiger partial charge on any atom is 0.274 e. The smallest absolute Gasteiger partial charge is 0.274 e. The summed E-state index contributed by atoms with van der Waals surface area (Å²) in [6.45, 7) is 4.78. The van der Waals surface area contributed by atoms with Gasteiger partial charge in [0.05, 0.1) is 6.54 Å². The Morgan fingerprint density at radius 2 is 2.10 bits per heavy atom. The van der Waals surface area contributed by atoms with Crippen molar-refractivity contribution < 1.29 is 12.8 Å². The van der Waals surface area contributed by atoms with Gasteiger partial charge in [0.2, 0.25) is 5.09 Å². The second-order valence-corrected chi connectivity index (χ2v) is 8.42. The largest absolute Gasteiger partial charge is 0.447 e. The zero-order valence-corrected chi connectivity index (χ0v) is 14.9. The molecular formula is C13H17BrN2O3S2. The number of rotatable bonds is 7. The minimum atomic E-state index is -3.62. The molecule has 0 spiro atoms. The van der Waals surface area contributed by atoms with Gasteiger partial charge in [0, 0.05) is 27.3 Å². The molecule has 116 valence electrons. The van der Waals surface area contributed by atoms with Gasteiger partial charge in [-0.25, -0.2) is 13.1 Å². The topological polar surface area (TPSA) is 71.3 Å². The Morgan fingerprint density at radius 1 is 1.33 bits per heavy atom. The van der Waals surface area contributed by atoms with Gasteiger partial charge in [-0.3, -0.25) is 0 Å². The van der Waals surface area contributed by atoms with Gasteiger partial charge in [0.15, 0.2) is 0 Å². The molecule has 0 fully saturated rings. The zero-order valence-electron chi connectivity index (χ0n) is 11.7. The molecular weight excluding hydrogens is 376 g/mol. The number of nitrogens with one attached hydrogen (secondary N) is 2. The van der Waals surface area contributed by atoms with Crippen LogP contribution in [-0.4, -0.2) is 14.5 Å². The lowest BCUT2D eigenvalue weighted by Gasteiger charge is -2.05. The van der Waals surface area contributed by atoms with Crippen LogP contribution in [0.15, 0.2) is 37.6 Å². The van der Waals surface area contributed by atoms with Crippen LogP contribution in [0.2, 0.25) is 0 Å². The lowest BCUT2D eigenvalue weighted by Crippen LogP contribution is -2.22. The van der Waals surface area contributed by atoms with Gasteiger partial charge in [-0.05, 0) is 34.1 Å². The Morgan fingerprint density at radius 3 is 2.71 bits per heavy atom. The van der Waals surface area contributed by atoms with E-state index in [4.69, 9.17) is 4.42 Å². The third-order valence-corrected chi connectivity index (χ3v) is 5.62. The number of sulfonamides is 1. The van der Waals surface area contributed by atoms with Crippen LogP contribution in [0.3, 0.4) is 0 Å². The summed E-state index contributed by atoms with van der Waals surface area (Å²) in [5, 5.41) is 5.03.